The summed E-state index contributed by atoms with van der Waals surface area (Å²) in [6, 6.07) is 2.04. The molecule has 20 heavy (non-hydrogen) atoms. The van der Waals surface area contributed by atoms with E-state index in [1.54, 1.807) is 4.57 Å². The molecule has 1 aromatic heterocycles. The van der Waals surface area contributed by atoms with Crippen molar-refractivity contribution < 1.29 is 14.6 Å². The Hall–Kier alpha value is -1.23. The summed E-state index contributed by atoms with van der Waals surface area (Å²) in [7, 11) is 2.00. The average molecular weight is 279 g/mol. The highest BCUT2D eigenvalue weighted by Gasteiger charge is 2.24. The summed E-state index contributed by atoms with van der Waals surface area (Å²) in [5.74, 6) is 0.240. The second-order valence-electron chi connectivity index (χ2n) is 6.50. The van der Waals surface area contributed by atoms with Crippen molar-refractivity contribution in [3.8, 4) is 0 Å². The van der Waals surface area contributed by atoms with E-state index in [0.717, 1.165) is 16.9 Å². The smallest absolute Gasteiger partial charge is 0.418 e. The molecule has 0 atom stereocenters. The molecule has 0 bridgehead atoms. The van der Waals surface area contributed by atoms with E-state index >= 15 is 0 Å². The fourth-order valence-corrected chi connectivity index (χ4v) is 2.21. The molecule has 0 saturated heterocycles. The summed E-state index contributed by atoms with van der Waals surface area (Å²) in [6.07, 6.45) is 0.988. The Morgan fingerprint density at radius 2 is 2.05 bits per heavy atom. The minimum atomic E-state index is -0.516. The lowest BCUT2D eigenvalue weighted by Gasteiger charge is -2.22. The molecule has 0 unspecified atom stereocenters. The number of aliphatic hydroxyl groups excluding tert-OH is 1. The summed E-state index contributed by atoms with van der Waals surface area (Å²) in [6.45, 7) is 9.84. The van der Waals surface area contributed by atoms with Crippen LogP contribution in [-0.2, 0) is 11.2 Å². The van der Waals surface area contributed by atoms with Gasteiger partial charge in [0.2, 0.25) is 0 Å². The molecule has 0 radical (unpaired) electrons. The van der Waals surface area contributed by atoms with E-state index in [0.29, 0.717) is 12.8 Å². The standard InChI is InChI=1S/C15H26BNO3/c1-10(2)13-9-11(16)12(7-6-8-18)17(13)14(19)20-15(3,4)5/h9-10,18H,6-8,16H2,1-5H3. The molecular weight excluding hydrogens is 253 g/mol. The number of hydrogen-bond acceptors (Lipinski definition) is 3. The van der Waals surface area contributed by atoms with Crippen LogP contribution in [0.15, 0.2) is 6.07 Å². The Kier molecular flexibility index (Phi) is 5.46. The third-order valence-corrected chi connectivity index (χ3v) is 3.09. The Morgan fingerprint density at radius 1 is 1.45 bits per heavy atom. The maximum atomic E-state index is 12.5. The van der Waals surface area contributed by atoms with Crippen LogP contribution in [0, 0.1) is 0 Å². The second-order valence-corrected chi connectivity index (χ2v) is 6.50. The second kappa shape index (κ2) is 6.48. The minimum Gasteiger partial charge on any atom is -0.443 e. The molecular formula is C15H26BNO3. The van der Waals surface area contributed by atoms with Gasteiger partial charge in [-0.2, -0.15) is 0 Å². The minimum absolute atomic E-state index is 0.121. The first-order valence-electron chi connectivity index (χ1n) is 7.22. The zero-order valence-electron chi connectivity index (χ0n) is 13.5. The van der Waals surface area contributed by atoms with E-state index in [4.69, 9.17) is 9.84 Å². The third-order valence-electron chi connectivity index (χ3n) is 3.09. The number of ether oxygens (including phenoxy) is 1. The highest BCUT2D eigenvalue weighted by atomic mass is 16.6. The summed E-state index contributed by atoms with van der Waals surface area (Å²) >= 11 is 0. The molecule has 1 heterocycles. The van der Waals surface area contributed by atoms with Crippen LogP contribution in [0.25, 0.3) is 0 Å². The van der Waals surface area contributed by atoms with Gasteiger partial charge in [-0.3, -0.25) is 4.57 Å². The molecule has 0 saturated carbocycles. The summed E-state index contributed by atoms with van der Waals surface area (Å²) in [5, 5.41) is 9.02. The van der Waals surface area contributed by atoms with Crippen molar-refractivity contribution in [1.29, 1.82) is 0 Å². The van der Waals surface area contributed by atoms with Gasteiger partial charge in [0.25, 0.3) is 0 Å². The number of aliphatic hydroxyl groups is 1. The van der Waals surface area contributed by atoms with Crippen molar-refractivity contribution >= 4 is 19.4 Å². The van der Waals surface area contributed by atoms with Gasteiger partial charge in [0.15, 0.2) is 0 Å². The van der Waals surface area contributed by atoms with Crippen LogP contribution in [0.2, 0.25) is 0 Å². The number of rotatable bonds is 4. The predicted octanol–water partition coefficient (Wildman–Crippen LogP) is 1.58. The molecule has 0 spiro atoms. The number of nitrogens with zero attached hydrogens (tertiary/aromatic N) is 1. The SMILES string of the molecule is Bc1cc(C(C)C)n(C(=O)OC(C)(C)C)c1CCCO. The molecule has 4 nitrogen and oxygen atoms in total. The molecule has 1 aromatic rings. The number of hydrogen-bond donors (Lipinski definition) is 1. The zero-order chi connectivity index (χ0) is 15.5. The van der Waals surface area contributed by atoms with Crippen LogP contribution in [0.4, 0.5) is 4.79 Å². The molecule has 0 fully saturated rings. The molecule has 5 heteroatoms. The molecule has 0 amide bonds. The first kappa shape index (κ1) is 16.8. The number of carbonyl (C=O) groups excluding carboxylic acids is 1. The quantitative estimate of drug-likeness (QED) is 0.851. The molecule has 112 valence electrons. The molecule has 0 aliphatic carbocycles. The maximum absolute atomic E-state index is 12.5. The van der Waals surface area contributed by atoms with Gasteiger partial charge in [-0.25, -0.2) is 4.79 Å². The molecule has 0 aliphatic rings. The van der Waals surface area contributed by atoms with Gasteiger partial charge in [0.05, 0.1) is 0 Å². The van der Waals surface area contributed by atoms with Crippen molar-refractivity contribution in [2.45, 2.75) is 59.0 Å². The van der Waals surface area contributed by atoms with Crippen LogP contribution in [0.1, 0.15) is 58.3 Å². The summed E-state index contributed by atoms with van der Waals surface area (Å²) < 4.78 is 7.19. The fraction of sp³-hybridized carbons (Fsp3) is 0.667. The average Bonchev–Trinajstić information content (AvgIpc) is 2.61. The highest BCUT2D eigenvalue weighted by Crippen LogP contribution is 2.20. The Labute approximate surface area is 122 Å². The van der Waals surface area contributed by atoms with Crippen molar-refractivity contribution in [1.82, 2.24) is 4.57 Å². The Morgan fingerprint density at radius 3 is 2.50 bits per heavy atom. The van der Waals surface area contributed by atoms with E-state index in [-0.39, 0.29) is 18.6 Å². The highest BCUT2D eigenvalue weighted by molar-refractivity contribution is 6.33. The van der Waals surface area contributed by atoms with E-state index in [2.05, 4.69) is 13.8 Å². The summed E-state index contributed by atoms with van der Waals surface area (Å²) in [5.41, 5.74) is 2.47. The van der Waals surface area contributed by atoms with E-state index in [9.17, 15) is 4.79 Å². The Bertz CT molecular complexity index is 472. The lowest BCUT2D eigenvalue weighted by atomic mass is 9.93. The van der Waals surface area contributed by atoms with E-state index in [1.807, 2.05) is 34.7 Å². The van der Waals surface area contributed by atoms with Crippen molar-refractivity contribution in [2.75, 3.05) is 6.61 Å². The lowest BCUT2D eigenvalue weighted by Crippen LogP contribution is -2.30. The van der Waals surface area contributed by atoms with Gasteiger partial charge in [-0.15, -0.1) is 0 Å². The molecule has 0 aliphatic heterocycles. The van der Waals surface area contributed by atoms with Gasteiger partial charge in [0, 0.05) is 18.0 Å². The predicted molar refractivity (Wildman–Crippen MR) is 83.7 cm³/mol. The first-order valence-corrected chi connectivity index (χ1v) is 7.22. The van der Waals surface area contributed by atoms with Gasteiger partial charge in [-0.1, -0.05) is 19.3 Å². The van der Waals surface area contributed by atoms with Crippen LogP contribution >= 0.6 is 0 Å². The number of aromatic nitrogens is 1. The van der Waals surface area contributed by atoms with Crippen molar-refractivity contribution in [2.24, 2.45) is 0 Å². The first-order chi connectivity index (χ1) is 9.17. The monoisotopic (exact) mass is 279 g/mol. The van der Waals surface area contributed by atoms with E-state index < -0.39 is 5.60 Å². The van der Waals surface area contributed by atoms with Crippen LogP contribution in [0.3, 0.4) is 0 Å². The van der Waals surface area contributed by atoms with Gasteiger partial charge >= 0.3 is 6.09 Å². The zero-order valence-corrected chi connectivity index (χ0v) is 13.5. The van der Waals surface area contributed by atoms with Crippen LogP contribution < -0.4 is 5.46 Å². The largest absolute Gasteiger partial charge is 0.443 e. The Balaban J connectivity index is 3.21. The van der Waals surface area contributed by atoms with Gasteiger partial charge < -0.3 is 9.84 Å². The van der Waals surface area contributed by atoms with Crippen molar-refractivity contribution in [3.05, 3.63) is 17.5 Å². The molecule has 0 aromatic carbocycles. The molecule has 1 N–H and O–H groups in total. The maximum Gasteiger partial charge on any atom is 0.418 e. The van der Waals surface area contributed by atoms with Gasteiger partial charge in [-0.05, 0) is 45.6 Å². The topological polar surface area (TPSA) is 51.5 Å². The van der Waals surface area contributed by atoms with Crippen LogP contribution in [-0.4, -0.2) is 35.8 Å². The fourth-order valence-electron chi connectivity index (χ4n) is 2.21. The molecule has 1 rings (SSSR count). The normalized spacial score (nSPS) is 11.9. The van der Waals surface area contributed by atoms with Crippen LogP contribution in [0.5, 0.6) is 0 Å². The third kappa shape index (κ3) is 4.13. The van der Waals surface area contributed by atoms with Gasteiger partial charge in [0.1, 0.15) is 13.4 Å². The number of carbonyl (C=O) groups is 1. The van der Waals surface area contributed by atoms with E-state index in [1.165, 1.54) is 0 Å². The lowest BCUT2D eigenvalue weighted by molar-refractivity contribution is 0.0527. The van der Waals surface area contributed by atoms with Crippen molar-refractivity contribution in [3.63, 3.8) is 0 Å². The summed E-state index contributed by atoms with van der Waals surface area (Å²) in [4.78, 5) is 12.5.